The van der Waals surface area contributed by atoms with Gasteiger partial charge in [-0.1, -0.05) is 55.4 Å². The molecule has 126 valence electrons. The maximum atomic E-state index is 12.8. The number of carbonyl (C=O) groups is 1. The van der Waals surface area contributed by atoms with Crippen LogP contribution in [0.5, 0.6) is 0 Å². The van der Waals surface area contributed by atoms with Gasteiger partial charge in [-0.2, -0.15) is 0 Å². The predicted octanol–water partition coefficient (Wildman–Crippen LogP) is 3.62. The third-order valence-corrected chi connectivity index (χ3v) is 3.48. The third kappa shape index (κ3) is 5.83. The molecule has 0 bridgehead atoms. The molecule has 0 saturated heterocycles. The zero-order valence-electron chi connectivity index (χ0n) is 13.8. The molecule has 24 heavy (non-hydrogen) atoms. The molecule has 0 saturated carbocycles. The summed E-state index contributed by atoms with van der Waals surface area (Å²) in [4.78, 5) is 16.6. The highest BCUT2D eigenvalue weighted by atomic mass is 19.1. The van der Waals surface area contributed by atoms with E-state index in [2.05, 4.69) is 24.3 Å². The molecule has 0 aromatic heterocycles. The number of hydrogen-bond acceptors (Lipinski definition) is 3. The summed E-state index contributed by atoms with van der Waals surface area (Å²) in [5.74, 6) is -0.104. The van der Waals surface area contributed by atoms with Gasteiger partial charge in [-0.3, -0.25) is 4.79 Å². The van der Waals surface area contributed by atoms with Crippen molar-refractivity contribution in [2.45, 2.75) is 26.3 Å². The van der Waals surface area contributed by atoms with Gasteiger partial charge in [0, 0.05) is 6.54 Å². The maximum Gasteiger partial charge on any atom is 0.261 e. The van der Waals surface area contributed by atoms with E-state index in [4.69, 9.17) is 4.84 Å². The molecule has 0 atom stereocenters. The van der Waals surface area contributed by atoms with Crippen LogP contribution in [-0.2, 0) is 16.2 Å². The summed E-state index contributed by atoms with van der Waals surface area (Å²) in [5, 5.41) is 6.46. The fraction of sp³-hybridized carbons (Fsp3) is 0.263. The van der Waals surface area contributed by atoms with Gasteiger partial charge < -0.3 is 10.2 Å². The molecule has 0 aliphatic rings. The van der Waals surface area contributed by atoms with Crippen LogP contribution in [0.4, 0.5) is 4.39 Å². The van der Waals surface area contributed by atoms with E-state index in [-0.39, 0.29) is 18.3 Å². The van der Waals surface area contributed by atoms with Gasteiger partial charge >= 0.3 is 0 Å². The molecule has 2 rings (SSSR count). The first kappa shape index (κ1) is 17.7. The van der Waals surface area contributed by atoms with E-state index in [9.17, 15) is 9.18 Å². The highest BCUT2D eigenvalue weighted by Crippen LogP contribution is 2.13. The van der Waals surface area contributed by atoms with E-state index in [1.165, 1.54) is 17.7 Å². The number of nitrogens with zero attached hydrogens (tertiary/aromatic N) is 1. The van der Waals surface area contributed by atoms with Crippen LogP contribution >= 0.6 is 0 Å². The van der Waals surface area contributed by atoms with Gasteiger partial charge in [0.2, 0.25) is 0 Å². The molecule has 0 fully saturated rings. The minimum absolute atomic E-state index is 0.165. The number of carbonyl (C=O) groups excluding carboxylic acids is 1. The van der Waals surface area contributed by atoms with Crippen LogP contribution in [-0.4, -0.2) is 18.7 Å². The predicted molar refractivity (Wildman–Crippen MR) is 92.3 cm³/mol. The van der Waals surface area contributed by atoms with Gasteiger partial charge in [0.1, 0.15) is 5.82 Å². The van der Waals surface area contributed by atoms with Gasteiger partial charge in [0.15, 0.2) is 6.61 Å². The molecule has 4 nitrogen and oxygen atoms in total. The van der Waals surface area contributed by atoms with Gasteiger partial charge in [-0.15, -0.1) is 0 Å². The highest BCUT2D eigenvalue weighted by molar-refractivity contribution is 5.79. The second-order valence-electron chi connectivity index (χ2n) is 5.73. The Bertz CT molecular complexity index is 680. The Morgan fingerprint density at radius 2 is 1.83 bits per heavy atom. The Kier molecular flexibility index (Phi) is 6.49. The van der Waals surface area contributed by atoms with Crippen molar-refractivity contribution < 1.29 is 14.0 Å². The lowest BCUT2D eigenvalue weighted by Crippen LogP contribution is -2.26. The van der Waals surface area contributed by atoms with Crippen LogP contribution in [0.1, 0.15) is 36.5 Å². The van der Waals surface area contributed by atoms with Crippen LogP contribution in [0.25, 0.3) is 0 Å². The van der Waals surface area contributed by atoms with Crippen LogP contribution in [0, 0.1) is 5.82 Å². The number of benzene rings is 2. The van der Waals surface area contributed by atoms with E-state index in [1.54, 1.807) is 18.3 Å². The lowest BCUT2D eigenvalue weighted by molar-refractivity contribution is -0.125. The van der Waals surface area contributed by atoms with Crippen LogP contribution in [0.2, 0.25) is 0 Å². The molecule has 1 N–H and O–H groups in total. The van der Waals surface area contributed by atoms with Crippen molar-refractivity contribution in [3.05, 3.63) is 71.0 Å². The average molecular weight is 328 g/mol. The summed E-state index contributed by atoms with van der Waals surface area (Å²) >= 11 is 0. The second kappa shape index (κ2) is 8.82. The van der Waals surface area contributed by atoms with E-state index < -0.39 is 0 Å². The van der Waals surface area contributed by atoms with E-state index >= 15 is 0 Å². The topological polar surface area (TPSA) is 50.7 Å². The Morgan fingerprint density at radius 3 is 2.46 bits per heavy atom. The normalized spacial score (nSPS) is 11.0. The number of hydrogen-bond donors (Lipinski definition) is 1. The van der Waals surface area contributed by atoms with E-state index in [0.29, 0.717) is 12.5 Å². The highest BCUT2D eigenvalue weighted by Gasteiger charge is 2.02. The van der Waals surface area contributed by atoms with Gasteiger partial charge in [0.25, 0.3) is 5.91 Å². The van der Waals surface area contributed by atoms with Crippen molar-refractivity contribution in [3.63, 3.8) is 0 Å². The Morgan fingerprint density at radius 1 is 1.17 bits per heavy atom. The van der Waals surface area contributed by atoms with Gasteiger partial charge in [-0.05, 0) is 34.7 Å². The minimum Gasteiger partial charge on any atom is -0.386 e. The Balaban J connectivity index is 1.70. The monoisotopic (exact) mass is 328 g/mol. The van der Waals surface area contributed by atoms with E-state index in [1.807, 2.05) is 24.3 Å². The molecule has 0 unspecified atom stereocenters. The van der Waals surface area contributed by atoms with Crippen molar-refractivity contribution in [1.29, 1.82) is 0 Å². The van der Waals surface area contributed by atoms with Crippen molar-refractivity contribution in [2.75, 3.05) is 6.61 Å². The third-order valence-electron chi connectivity index (χ3n) is 3.48. The molecule has 0 radical (unpaired) electrons. The van der Waals surface area contributed by atoms with Gasteiger partial charge in [0.05, 0.1) is 6.21 Å². The number of nitrogens with one attached hydrogen (secondary N) is 1. The lowest BCUT2D eigenvalue weighted by Gasteiger charge is -2.05. The van der Waals surface area contributed by atoms with Gasteiger partial charge in [-0.25, -0.2) is 4.39 Å². The summed E-state index contributed by atoms with van der Waals surface area (Å²) in [7, 11) is 0. The molecule has 2 aromatic carbocycles. The largest absolute Gasteiger partial charge is 0.386 e. The Hall–Kier alpha value is -2.69. The summed E-state index contributed by atoms with van der Waals surface area (Å²) in [6, 6.07) is 13.9. The first-order valence-electron chi connectivity index (χ1n) is 7.81. The quantitative estimate of drug-likeness (QED) is 0.623. The Labute approximate surface area is 141 Å². The molecule has 0 heterocycles. The molecule has 5 heteroatoms. The molecule has 0 aliphatic carbocycles. The lowest BCUT2D eigenvalue weighted by atomic mass is 10.0. The fourth-order valence-electron chi connectivity index (χ4n) is 2.01. The standard InChI is InChI=1S/C19H21FN2O2/c1-14(2)17-7-3-16(4-8-17)12-22-24-13-19(23)21-11-15-5-9-18(20)10-6-15/h3-10,12,14H,11,13H2,1-2H3,(H,21,23)/b22-12-. The van der Waals surface area contributed by atoms with Crippen molar-refractivity contribution >= 4 is 12.1 Å². The zero-order chi connectivity index (χ0) is 17.4. The number of halogens is 1. The molecular formula is C19H21FN2O2. The summed E-state index contributed by atoms with van der Waals surface area (Å²) in [6.07, 6.45) is 1.57. The first-order chi connectivity index (χ1) is 11.5. The van der Waals surface area contributed by atoms with Crippen molar-refractivity contribution in [1.82, 2.24) is 5.32 Å². The summed E-state index contributed by atoms with van der Waals surface area (Å²) in [5.41, 5.74) is 2.98. The molecule has 1 amide bonds. The molecule has 0 aliphatic heterocycles. The number of oxime groups is 1. The minimum atomic E-state index is -0.302. The van der Waals surface area contributed by atoms with Crippen LogP contribution < -0.4 is 5.32 Å². The van der Waals surface area contributed by atoms with Crippen molar-refractivity contribution in [3.8, 4) is 0 Å². The van der Waals surface area contributed by atoms with Crippen LogP contribution in [0.15, 0.2) is 53.7 Å². The average Bonchev–Trinajstić information content (AvgIpc) is 2.58. The number of amides is 1. The smallest absolute Gasteiger partial charge is 0.261 e. The molecule has 0 spiro atoms. The first-order valence-corrected chi connectivity index (χ1v) is 7.81. The molecule has 2 aromatic rings. The zero-order valence-corrected chi connectivity index (χ0v) is 13.8. The fourth-order valence-corrected chi connectivity index (χ4v) is 2.01. The van der Waals surface area contributed by atoms with Crippen molar-refractivity contribution in [2.24, 2.45) is 5.16 Å². The maximum absolute atomic E-state index is 12.8. The second-order valence-corrected chi connectivity index (χ2v) is 5.73. The van der Waals surface area contributed by atoms with E-state index in [0.717, 1.165) is 11.1 Å². The SMILES string of the molecule is CC(C)c1ccc(/C=N\OCC(=O)NCc2ccc(F)cc2)cc1. The number of rotatable bonds is 7. The van der Waals surface area contributed by atoms with Crippen LogP contribution in [0.3, 0.4) is 0 Å². The summed E-state index contributed by atoms with van der Waals surface area (Å²) in [6.45, 7) is 4.43. The molecular weight excluding hydrogens is 307 g/mol. The summed E-state index contributed by atoms with van der Waals surface area (Å²) < 4.78 is 12.8.